The van der Waals surface area contributed by atoms with E-state index in [0.717, 1.165) is 16.7 Å². The van der Waals surface area contributed by atoms with Crippen molar-refractivity contribution in [3.63, 3.8) is 0 Å². The van der Waals surface area contributed by atoms with Crippen LogP contribution in [0.4, 0.5) is 0 Å². The molecule has 0 heterocycles. The molecular formula is C28H25ClO5. The minimum Gasteiger partial charge on any atom is -0.485 e. The van der Waals surface area contributed by atoms with E-state index in [1.54, 1.807) is 0 Å². The molecule has 1 atom stereocenters. The Morgan fingerprint density at radius 3 is 1.74 bits per heavy atom. The van der Waals surface area contributed by atoms with Crippen molar-refractivity contribution in [2.75, 3.05) is 0 Å². The number of hydrogen-bond donors (Lipinski definition) is 1. The van der Waals surface area contributed by atoms with Gasteiger partial charge in [0.05, 0.1) is 6.61 Å². The van der Waals surface area contributed by atoms with Crippen molar-refractivity contribution in [2.24, 2.45) is 0 Å². The molecule has 4 rings (SSSR count). The number of carboxylic acids is 1. The van der Waals surface area contributed by atoms with E-state index < -0.39 is 11.0 Å². The minimum absolute atomic E-state index is 0.0704. The van der Waals surface area contributed by atoms with E-state index in [1.807, 2.05) is 91.0 Å². The molecule has 0 saturated heterocycles. The Bertz CT molecular complexity index is 1160. The van der Waals surface area contributed by atoms with E-state index in [2.05, 4.69) is 0 Å². The number of alkyl halides is 1. The summed E-state index contributed by atoms with van der Waals surface area (Å²) >= 11 is 6.98. The number of hydrogen-bond acceptors (Lipinski definition) is 4. The first-order valence-electron chi connectivity index (χ1n) is 10.9. The lowest BCUT2D eigenvalue weighted by Crippen LogP contribution is -2.35. The van der Waals surface area contributed by atoms with E-state index in [0.29, 0.717) is 0 Å². The lowest BCUT2D eigenvalue weighted by molar-refractivity contribution is -0.133. The van der Waals surface area contributed by atoms with Gasteiger partial charge in [0.25, 0.3) is 0 Å². The first kappa shape index (κ1) is 23.6. The van der Waals surface area contributed by atoms with Crippen molar-refractivity contribution in [3.8, 4) is 0 Å². The zero-order valence-electron chi connectivity index (χ0n) is 18.5. The molecule has 0 saturated carbocycles. The van der Waals surface area contributed by atoms with Crippen molar-refractivity contribution in [1.29, 1.82) is 0 Å². The fraction of sp³-hybridized carbons (Fsp3) is 0.179. The number of rotatable bonds is 10. The highest BCUT2D eigenvalue weighted by Gasteiger charge is 2.43. The monoisotopic (exact) mass is 476 g/mol. The summed E-state index contributed by atoms with van der Waals surface area (Å²) in [7, 11) is 0. The largest absolute Gasteiger partial charge is 0.485 e. The third-order valence-corrected chi connectivity index (χ3v) is 5.75. The molecule has 1 aliphatic carbocycles. The molecule has 3 aromatic carbocycles. The van der Waals surface area contributed by atoms with Gasteiger partial charge < -0.3 is 19.3 Å². The van der Waals surface area contributed by atoms with Gasteiger partial charge in [-0.1, -0.05) is 103 Å². The van der Waals surface area contributed by atoms with E-state index in [-0.39, 0.29) is 43.3 Å². The van der Waals surface area contributed by atoms with Crippen LogP contribution < -0.4 is 0 Å². The molecule has 0 aromatic heterocycles. The predicted molar refractivity (Wildman–Crippen MR) is 130 cm³/mol. The van der Waals surface area contributed by atoms with Crippen LogP contribution in [0, 0.1) is 0 Å². The molecule has 34 heavy (non-hydrogen) atoms. The van der Waals surface area contributed by atoms with Gasteiger partial charge in [-0.25, -0.2) is 4.79 Å². The zero-order chi connectivity index (χ0) is 23.8. The van der Waals surface area contributed by atoms with E-state index in [9.17, 15) is 9.90 Å². The van der Waals surface area contributed by atoms with Crippen molar-refractivity contribution >= 4 is 17.6 Å². The second kappa shape index (κ2) is 11.1. The molecule has 0 spiro atoms. The summed E-state index contributed by atoms with van der Waals surface area (Å²) in [6.07, 6.45) is 1.40. The molecule has 6 heteroatoms. The maximum Gasteiger partial charge on any atom is 0.331 e. The lowest BCUT2D eigenvalue weighted by atomic mass is 9.98. The van der Waals surface area contributed by atoms with Gasteiger partial charge in [-0.05, 0) is 22.8 Å². The van der Waals surface area contributed by atoms with Crippen LogP contribution in [0.3, 0.4) is 0 Å². The summed E-state index contributed by atoms with van der Waals surface area (Å²) in [5, 5.41) is 8.21. The van der Waals surface area contributed by atoms with Crippen LogP contribution in [0.15, 0.2) is 114 Å². The normalized spacial score (nSPS) is 17.7. The van der Waals surface area contributed by atoms with E-state index in [1.165, 1.54) is 6.08 Å². The fourth-order valence-electron chi connectivity index (χ4n) is 3.56. The van der Waals surface area contributed by atoms with Crippen LogP contribution in [0.25, 0.3) is 0 Å². The van der Waals surface area contributed by atoms with Gasteiger partial charge in [-0.15, -0.1) is 0 Å². The third-order valence-electron chi connectivity index (χ3n) is 5.33. The first-order valence-corrected chi connectivity index (χ1v) is 11.3. The number of allylic oxidation sites excluding steroid dienone is 1. The SMILES string of the molecule is O=C(O)C1=CC(OCc2ccccc2)=C(OCc2ccccc2)C(Cl)(OCc2ccccc2)C1. The molecule has 1 unspecified atom stereocenters. The summed E-state index contributed by atoms with van der Waals surface area (Å²) in [6, 6.07) is 28.8. The second-order valence-corrected chi connectivity index (χ2v) is 8.51. The van der Waals surface area contributed by atoms with Crippen LogP contribution in [0.1, 0.15) is 23.1 Å². The molecule has 1 aliphatic rings. The summed E-state index contributed by atoms with van der Waals surface area (Å²) in [5.74, 6) is -0.586. The van der Waals surface area contributed by atoms with Gasteiger partial charge in [0.1, 0.15) is 13.2 Å². The highest BCUT2D eigenvalue weighted by Crippen LogP contribution is 2.42. The van der Waals surface area contributed by atoms with E-state index in [4.69, 9.17) is 25.8 Å². The minimum atomic E-state index is -1.54. The van der Waals surface area contributed by atoms with Crippen LogP contribution >= 0.6 is 11.6 Å². The highest BCUT2D eigenvalue weighted by molar-refractivity contribution is 6.25. The van der Waals surface area contributed by atoms with Crippen molar-refractivity contribution < 1.29 is 24.1 Å². The summed E-state index contributed by atoms with van der Waals surface area (Å²) in [4.78, 5) is 11.9. The molecule has 174 valence electrons. The molecule has 0 amide bonds. The smallest absolute Gasteiger partial charge is 0.331 e. The summed E-state index contributed by atoms with van der Waals surface area (Å²) in [5.41, 5.74) is 2.85. The second-order valence-electron chi connectivity index (χ2n) is 7.90. The number of ether oxygens (including phenoxy) is 3. The lowest BCUT2D eigenvalue weighted by Gasteiger charge is -2.34. The van der Waals surface area contributed by atoms with Gasteiger partial charge in [-0.2, -0.15) is 0 Å². The standard InChI is InChI=1S/C28H25ClO5/c29-28(34-20-23-14-8-3-9-15-23)17-24(27(30)31)16-25(32-18-21-10-4-1-5-11-21)26(28)33-19-22-12-6-2-7-13-22/h1-16H,17-20H2,(H,30,31). The molecule has 1 N–H and O–H groups in total. The Morgan fingerprint density at radius 1 is 0.765 bits per heavy atom. The first-order chi connectivity index (χ1) is 16.5. The molecule has 3 aromatic rings. The maximum atomic E-state index is 11.9. The number of benzene rings is 3. The van der Waals surface area contributed by atoms with Gasteiger partial charge in [0, 0.05) is 12.0 Å². The molecule has 5 nitrogen and oxygen atoms in total. The van der Waals surface area contributed by atoms with Crippen molar-refractivity contribution in [2.45, 2.75) is 31.3 Å². The van der Waals surface area contributed by atoms with Crippen molar-refractivity contribution in [3.05, 3.63) is 131 Å². The molecular weight excluding hydrogens is 452 g/mol. The Morgan fingerprint density at radius 2 is 1.24 bits per heavy atom. The van der Waals surface area contributed by atoms with Gasteiger partial charge >= 0.3 is 5.97 Å². The molecule has 0 radical (unpaired) electrons. The van der Waals surface area contributed by atoms with E-state index >= 15 is 0 Å². The predicted octanol–water partition coefficient (Wildman–Crippen LogP) is 6.20. The maximum absolute atomic E-state index is 11.9. The molecule has 0 fully saturated rings. The van der Waals surface area contributed by atoms with Gasteiger partial charge in [-0.3, -0.25) is 0 Å². The van der Waals surface area contributed by atoms with Crippen LogP contribution in [-0.4, -0.2) is 16.1 Å². The summed E-state index contributed by atoms with van der Waals surface area (Å²) in [6.45, 7) is 0.638. The topological polar surface area (TPSA) is 65.0 Å². The Labute approximate surface area is 203 Å². The average molecular weight is 477 g/mol. The molecule has 0 aliphatic heterocycles. The Balaban J connectivity index is 1.66. The number of carbonyl (C=O) groups is 1. The van der Waals surface area contributed by atoms with Gasteiger partial charge in [0.2, 0.25) is 5.06 Å². The average Bonchev–Trinajstić information content (AvgIpc) is 2.87. The Hall–Kier alpha value is -3.54. The van der Waals surface area contributed by atoms with Gasteiger partial charge in [0.15, 0.2) is 11.5 Å². The quantitative estimate of drug-likeness (QED) is 0.353. The van der Waals surface area contributed by atoms with Crippen LogP contribution in [0.5, 0.6) is 0 Å². The Kier molecular flexibility index (Phi) is 7.68. The number of aliphatic carboxylic acids is 1. The number of carboxylic acid groups (broad SMARTS) is 1. The van der Waals surface area contributed by atoms with Crippen LogP contribution in [0.2, 0.25) is 0 Å². The van der Waals surface area contributed by atoms with Crippen LogP contribution in [-0.2, 0) is 38.8 Å². The number of halogens is 1. The zero-order valence-corrected chi connectivity index (χ0v) is 19.3. The fourth-order valence-corrected chi connectivity index (χ4v) is 3.91. The summed E-state index contributed by atoms with van der Waals surface area (Å²) < 4.78 is 18.3. The highest BCUT2D eigenvalue weighted by atomic mass is 35.5. The molecule has 0 bridgehead atoms. The third kappa shape index (κ3) is 6.07. The van der Waals surface area contributed by atoms with Crippen molar-refractivity contribution in [1.82, 2.24) is 0 Å².